The Labute approximate surface area is 150 Å². The van der Waals surface area contributed by atoms with Gasteiger partial charge in [-0.05, 0) is 12.5 Å². The van der Waals surface area contributed by atoms with Gasteiger partial charge < -0.3 is 14.5 Å². The van der Waals surface area contributed by atoms with Gasteiger partial charge in [0.05, 0.1) is 22.7 Å². The highest BCUT2D eigenvalue weighted by molar-refractivity contribution is 6.33. The lowest BCUT2D eigenvalue weighted by molar-refractivity contribution is -0.384. The van der Waals surface area contributed by atoms with Crippen molar-refractivity contribution < 1.29 is 9.66 Å². The maximum atomic E-state index is 10.9. The highest BCUT2D eigenvalue weighted by Gasteiger charge is 2.23. The Morgan fingerprint density at radius 2 is 1.84 bits per heavy atom. The second-order valence-corrected chi connectivity index (χ2v) is 6.15. The lowest BCUT2D eigenvalue weighted by Crippen LogP contribution is -2.47. The van der Waals surface area contributed by atoms with E-state index in [-0.39, 0.29) is 5.69 Å². The van der Waals surface area contributed by atoms with Crippen LogP contribution >= 0.6 is 11.6 Å². The molecule has 0 aliphatic carbocycles. The fraction of sp³-hybridized carbons (Fsp3) is 0.375. The van der Waals surface area contributed by atoms with Gasteiger partial charge in [-0.2, -0.15) is 0 Å². The van der Waals surface area contributed by atoms with Crippen LogP contribution in [-0.2, 0) is 0 Å². The zero-order valence-corrected chi connectivity index (χ0v) is 14.7. The van der Waals surface area contributed by atoms with Gasteiger partial charge in [0.25, 0.3) is 5.69 Å². The molecule has 1 aromatic heterocycles. The normalized spacial score (nSPS) is 14.5. The highest BCUT2D eigenvalue weighted by atomic mass is 35.5. The van der Waals surface area contributed by atoms with E-state index in [0.29, 0.717) is 10.9 Å². The van der Waals surface area contributed by atoms with Crippen molar-refractivity contribution in [2.24, 2.45) is 0 Å². The first-order valence-corrected chi connectivity index (χ1v) is 8.18. The summed E-state index contributed by atoms with van der Waals surface area (Å²) in [5.41, 5.74) is 1.67. The molecule has 132 valence electrons. The number of nitro groups is 1. The van der Waals surface area contributed by atoms with Gasteiger partial charge in [-0.3, -0.25) is 10.1 Å². The molecule has 1 aromatic carbocycles. The molecule has 9 heteroatoms. The molecular weight excluding hydrogens is 346 g/mol. The Bertz CT molecular complexity index is 770. The Kier molecular flexibility index (Phi) is 4.89. The molecule has 1 aliphatic rings. The minimum atomic E-state index is -0.427. The number of halogens is 1. The van der Waals surface area contributed by atoms with E-state index in [1.54, 1.807) is 19.2 Å². The number of hydrogen-bond acceptors (Lipinski definition) is 7. The number of aromatic nitrogens is 2. The molecule has 1 aliphatic heterocycles. The van der Waals surface area contributed by atoms with Crippen LogP contribution in [0.1, 0.15) is 5.56 Å². The molecule has 0 atom stereocenters. The quantitative estimate of drug-likeness (QED) is 0.609. The predicted octanol–water partition coefficient (Wildman–Crippen LogP) is 2.68. The first-order valence-electron chi connectivity index (χ1n) is 7.80. The summed E-state index contributed by atoms with van der Waals surface area (Å²) in [5.74, 6) is 1.35. The maximum Gasteiger partial charge on any atom is 0.271 e. The number of nitro benzene ring substituents is 1. The maximum absolute atomic E-state index is 10.9. The van der Waals surface area contributed by atoms with Crippen molar-refractivity contribution >= 4 is 28.8 Å². The van der Waals surface area contributed by atoms with Crippen LogP contribution < -0.4 is 14.5 Å². The average Bonchev–Trinajstić information content (AvgIpc) is 2.61. The fourth-order valence-corrected chi connectivity index (χ4v) is 3.38. The number of rotatable bonds is 4. The topological polar surface area (TPSA) is 84.6 Å². The minimum Gasteiger partial charge on any atom is -0.481 e. The van der Waals surface area contributed by atoms with Crippen molar-refractivity contribution in [3.05, 3.63) is 45.2 Å². The SMILES string of the molecule is COc1cc(N2CCN(c3c(C)cc([N+](=O)[O-])cc3Cl)CC2)ncn1. The molecular formula is C16H18ClN5O3. The summed E-state index contributed by atoms with van der Waals surface area (Å²) < 4.78 is 5.14. The molecule has 8 nitrogen and oxygen atoms in total. The van der Waals surface area contributed by atoms with Crippen molar-refractivity contribution in [3.63, 3.8) is 0 Å². The van der Waals surface area contributed by atoms with Gasteiger partial charge in [-0.25, -0.2) is 9.97 Å². The molecule has 2 heterocycles. The largest absolute Gasteiger partial charge is 0.481 e. The molecule has 25 heavy (non-hydrogen) atoms. The van der Waals surface area contributed by atoms with E-state index in [4.69, 9.17) is 16.3 Å². The second-order valence-electron chi connectivity index (χ2n) is 5.74. The van der Waals surface area contributed by atoms with Crippen LogP contribution in [0.15, 0.2) is 24.5 Å². The van der Waals surface area contributed by atoms with Gasteiger partial charge >= 0.3 is 0 Å². The van der Waals surface area contributed by atoms with E-state index in [0.717, 1.165) is 43.2 Å². The van der Waals surface area contributed by atoms with E-state index in [1.165, 1.54) is 12.4 Å². The number of ether oxygens (including phenoxy) is 1. The molecule has 2 aromatic rings. The smallest absolute Gasteiger partial charge is 0.271 e. The van der Waals surface area contributed by atoms with Gasteiger partial charge in [0.15, 0.2) is 0 Å². The molecule has 1 saturated heterocycles. The van der Waals surface area contributed by atoms with E-state index in [9.17, 15) is 10.1 Å². The molecule has 0 bridgehead atoms. The molecule has 1 fully saturated rings. The second kappa shape index (κ2) is 7.10. The van der Waals surface area contributed by atoms with E-state index in [1.807, 2.05) is 6.92 Å². The van der Waals surface area contributed by atoms with Gasteiger partial charge in [0.1, 0.15) is 12.1 Å². The van der Waals surface area contributed by atoms with Gasteiger partial charge in [0, 0.05) is 44.4 Å². The van der Waals surface area contributed by atoms with E-state index < -0.39 is 4.92 Å². The van der Waals surface area contributed by atoms with Crippen LogP contribution in [0, 0.1) is 17.0 Å². The lowest BCUT2D eigenvalue weighted by Gasteiger charge is -2.37. The zero-order chi connectivity index (χ0) is 18.0. The van der Waals surface area contributed by atoms with Crippen molar-refractivity contribution in [2.75, 3.05) is 43.1 Å². The summed E-state index contributed by atoms with van der Waals surface area (Å²) >= 11 is 6.31. The number of non-ortho nitro benzene ring substituents is 1. The Hall–Kier alpha value is -2.61. The molecule has 0 amide bonds. The molecule has 3 rings (SSSR count). The van der Waals surface area contributed by atoms with Gasteiger partial charge in [0.2, 0.25) is 5.88 Å². The van der Waals surface area contributed by atoms with Crippen LogP contribution in [0.3, 0.4) is 0 Å². The first kappa shape index (κ1) is 17.2. The summed E-state index contributed by atoms with van der Waals surface area (Å²) in [6.07, 6.45) is 1.48. The molecule has 0 radical (unpaired) electrons. The summed E-state index contributed by atoms with van der Waals surface area (Å²) in [5, 5.41) is 11.4. The molecule has 0 N–H and O–H groups in total. The Morgan fingerprint density at radius 3 is 2.44 bits per heavy atom. The van der Waals surface area contributed by atoms with Crippen molar-refractivity contribution in [1.82, 2.24) is 9.97 Å². The Morgan fingerprint density at radius 1 is 1.16 bits per heavy atom. The first-order chi connectivity index (χ1) is 12.0. The summed E-state index contributed by atoms with van der Waals surface area (Å²) in [4.78, 5) is 23.1. The summed E-state index contributed by atoms with van der Waals surface area (Å²) in [7, 11) is 1.57. The van der Waals surface area contributed by atoms with Crippen LogP contribution in [0.2, 0.25) is 5.02 Å². The third-order valence-corrected chi connectivity index (χ3v) is 4.49. The summed E-state index contributed by atoms with van der Waals surface area (Å²) in [6.45, 7) is 4.84. The number of benzene rings is 1. The van der Waals surface area contributed by atoms with Gasteiger partial charge in [-0.1, -0.05) is 11.6 Å². The standard InChI is InChI=1S/C16H18ClN5O3/c1-11-7-12(22(23)24)8-13(17)16(11)21-5-3-20(4-6-21)14-9-15(25-2)19-10-18-14/h7-10H,3-6H2,1-2H3. The van der Waals surface area contributed by atoms with Crippen molar-refractivity contribution in [2.45, 2.75) is 6.92 Å². The number of methoxy groups -OCH3 is 1. The van der Waals surface area contributed by atoms with Crippen molar-refractivity contribution in [1.29, 1.82) is 0 Å². The lowest BCUT2D eigenvalue weighted by atomic mass is 10.1. The fourth-order valence-electron chi connectivity index (χ4n) is 3.00. The van der Waals surface area contributed by atoms with Crippen LogP contribution in [-0.4, -0.2) is 48.2 Å². The highest BCUT2D eigenvalue weighted by Crippen LogP contribution is 2.34. The molecule has 0 saturated carbocycles. The van der Waals surface area contributed by atoms with Crippen LogP contribution in [0.25, 0.3) is 0 Å². The van der Waals surface area contributed by atoms with E-state index >= 15 is 0 Å². The van der Waals surface area contributed by atoms with Crippen molar-refractivity contribution in [3.8, 4) is 5.88 Å². The number of piperazine rings is 1. The Balaban J connectivity index is 1.75. The summed E-state index contributed by atoms with van der Waals surface area (Å²) in [6, 6.07) is 4.77. The molecule has 0 unspecified atom stereocenters. The monoisotopic (exact) mass is 363 g/mol. The van der Waals surface area contributed by atoms with Crippen LogP contribution in [0.5, 0.6) is 5.88 Å². The number of anilines is 2. The third kappa shape index (κ3) is 3.58. The number of hydrogen-bond donors (Lipinski definition) is 0. The third-order valence-electron chi connectivity index (χ3n) is 4.21. The molecule has 0 spiro atoms. The minimum absolute atomic E-state index is 0.0120. The number of aryl methyl sites for hydroxylation is 1. The van der Waals surface area contributed by atoms with Crippen LogP contribution in [0.4, 0.5) is 17.2 Å². The predicted molar refractivity (Wildman–Crippen MR) is 95.9 cm³/mol. The van der Waals surface area contributed by atoms with E-state index in [2.05, 4.69) is 19.8 Å². The van der Waals surface area contributed by atoms with Gasteiger partial charge in [-0.15, -0.1) is 0 Å². The number of nitrogens with zero attached hydrogens (tertiary/aromatic N) is 5. The average molecular weight is 364 g/mol. The zero-order valence-electron chi connectivity index (χ0n) is 14.0.